The highest BCUT2D eigenvalue weighted by atomic mass is 16.5. The van der Waals surface area contributed by atoms with Crippen LogP contribution >= 0.6 is 0 Å². The van der Waals surface area contributed by atoms with Crippen LogP contribution in [0.5, 0.6) is 5.75 Å². The van der Waals surface area contributed by atoms with Crippen molar-refractivity contribution in [3.05, 3.63) is 29.8 Å². The van der Waals surface area contributed by atoms with Gasteiger partial charge < -0.3 is 15.2 Å². The molecule has 0 heterocycles. The molecular weight excluding hydrogens is 270 g/mol. The lowest BCUT2D eigenvalue weighted by Crippen LogP contribution is -2.54. The van der Waals surface area contributed by atoms with Crippen molar-refractivity contribution in [3.63, 3.8) is 0 Å². The van der Waals surface area contributed by atoms with Crippen LogP contribution in [0.3, 0.4) is 0 Å². The van der Waals surface area contributed by atoms with Gasteiger partial charge in [-0.25, -0.2) is 0 Å². The number of amides is 1. The number of aliphatic carboxylic acids is 1. The minimum Gasteiger partial charge on any atom is -0.497 e. The SMILES string of the molecule is COc1ccc(CCC(=O)NC2(CC(=O)O)CCC2)cc1. The first-order valence-corrected chi connectivity index (χ1v) is 7.19. The van der Waals surface area contributed by atoms with E-state index in [0.29, 0.717) is 12.8 Å². The summed E-state index contributed by atoms with van der Waals surface area (Å²) in [6, 6.07) is 7.60. The third kappa shape index (κ3) is 4.21. The van der Waals surface area contributed by atoms with Gasteiger partial charge in [-0.05, 0) is 43.4 Å². The molecule has 0 saturated heterocycles. The Hall–Kier alpha value is -2.04. The molecule has 1 aliphatic rings. The average Bonchev–Trinajstić information content (AvgIpc) is 2.43. The van der Waals surface area contributed by atoms with Gasteiger partial charge in [0.15, 0.2) is 0 Å². The first-order chi connectivity index (χ1) is 10.0. The maximum absolute atomic E-state index is 12.0. The monoisotopic (exact) mass is 291 g/mol. The zero-order chi connectivity index (χ0) is 15.3. The maximum Gasteiger partial charge on any atom is 0.305 e. The summed E-state index contributed by atoms with van der Waals surface area (Å²) in [7, 11) is 1.61. The lowest BCUT2D eigenvalue weighted by Gasteiger charge is -2.41. The summed E-state index contributed by atoms with van der Waals surface area (Å²) >= 11 is 0. The average molecular weight is 291 g/mol. The van der Waals surface area contributed by atoms with Gasteiger partial charge in [-0.15, -0.1) is 0 Å². The number of hydrogen-bond acceptors (Lipinski definition) is 3. The summed E-state index contributed by atoms with van der Waals surface area (Å²) < 4.78 is 5.08. The number of methoxy groups -OCH3 is 1. The van der Waals surface area contributed by atoms with Crippen LogP contribution in [-0.4, -0.2) is 29.6 Å². The summed E-state index contributed by atoms with van der Waals surface area (Å²) in [5, 5.41) is 11.8. The molecular formula is C16H21NO4. The van der Waals surface area contributed by atoms with Crippen molar-refractivity contribution in [1.82, 2.24) is 5.32 Å². The second-order valence-corrected chi connectivity index (χ2v) is 5.60. The van der Waals surface area contributed by atoms with Gasteiger partial charge in [-0.3, -0.25) is 9.59 Å². The van der Waals surface area contributed by atoms with Crippen LogP contribution in [0, 0.1) is 0 Å². The smallest absolute Gasteiger partial charge is 0.305 e. The fourth-order valence-corrected chi connectivity index (χ4v) is 2.65. The Morgan fingerprint density at radius 2 is 1.95 bits per heavy atom. The van der Waals surface area contributed by atoms with E-state index in [-0.39, 0.29) is 12.3 Å². The summed E-state index contributed by atoms with van der Waals surface area (Å²) in [5.41, 5.74) is 0.551. The number of carboxylic acids is 1. The molecule has 1 aromatic carbocycles. The van der Waals surface area contributed by atoms with E-state index in [0.717, 1.165) is 30.6 Å². The first kappa shape index (κ1) is 15.4. The lowest BCUT2D eigenvalue weighted by molar-refractivity contribution is -0.140. The Labute approximate surface area is 124 Å². The zero-order valence-electron chi connectivity index (χ0n) is 12.2. The summed E-state index contributed by atoms with van der Waals surface area (Å²) in [4.78, 5) is 22.9. The third-order valence-corrected chi connectivity index (χ3v) is 4.00. The van der Waals surface area contributed by atoms with Crippen LogP contribution in [0.25, 0.3) is 0 Å². The van der Waals surface area contributed by atoms with Crippen molar-refractivity contribution in [2.45, 2.75) is 44.1 Å². The molecule has 0 aliphatic heterocycles. The Kier molecular flexibility index (Phi) is 4.83. The molecule has 21 heavy (non-hydrogen) atoms. The van der Waals surface area contributed by atoms with Crippen LogP contribution in [0.15, 0.2) is 24.3 Å². The van der Waals surface area contributed by atoms with Gasteiger partial charge in [-0.1, -0.05) is 12.1 Å². The molecule has 2 rings (SSSR count). The van der Waals surface area contributed by atoms with Crippen LogP contribution in [-0.2, 0) is 16.0 Å². The van der Waals surface area contributed by atoms with Gasteiger partial charge in [0.25, 0.3) is 0 Å². The number of aryl methyl sites for hydroxylation is 1. The second kappa shape index (κ2) is 6.61. The standard InChI is InChI=1S/C16H21NO4/c1-21-13-6-3-12(4-7-13)5-8-14(18)17-16(9-2-10-16)11-15(19)20/h3-4,6-7H,2,5,8-11H2,1H3,(H,17,18)(H,19,20). The number of ether oxygens (including phenoxy) is 1. The van der Waals surface area contributed by atoms with E-state index in [1.807, 2.05) is 24.3 Å². The van der Waals surface area contributed by atoms with Crippen LogP contribution in [0.1, 0.15) is 37.7 Å². The van der Waals surface area contributed by atoms with Crippen molar-refractivity contribution < 1.29 is 19.4 Å². The van der Waals surface area contributed by atoms with E-state index in [2.05, 4.69) is 5.32 Å². The number of carbonyl (C=O) groups is 2. The molecule has 0 unspecified atom stereocenters. The quantitative estimate of drug-likeness (QED) is 0.807. The van der Waals surface area contributed by atoms with E-state index >= 15 is 0 Å². The zero-order valence-corrected chi connectivity index (χ0v) is 12.2. The highest BCUT2D eigenvalue weighted by Gasteiger charge is 2.40. The van der Waals surface area contributed by atoms with E-state index in [1.54, 1.807) is 7.11 Å². The van der Waals surface area contributed by atoms with Crippen LogP contribution in [0.2, 0.25) is 0 Å². The van der Waals surface area contributed by atoms with E-state index < -0.39 is 11.5 Å². The molecule has 5 nitrogen and oxygen atoms in total. The van der Waals surface area contributed by atoms with Gasteiger partial charge in [0.05, 0.1) is 19.1 Å². The molecule has 0 radical (unpaired) electrons. The van der Waals surface area contributed by atoms with Crippen LogP contribution in [0.4, 0.5) is 0 Å². The fraction of sp³-hybridized carbons (Fsp3) is 0.500. The van der Waals surface area contributed by atoms with Crippen molar-refractivity contribution in [2.75, 3.05) is 7.11 Å². The van der Waals surface area contributed by atoms with E-state index in [9.17, 15) is 9.59 Å². The molecule has 1 amide bonds. The number of nitrogens with one attached hydrogen (secondary N) is 1. The minimum atomic E-state index is -0.856. The fourth-order valence-electron chi connectivity index (χ4n) is 2.65. The highest BCUT2D eigenvalue weighted by molar-refractivity contribution is 5.78. The largest absolute Gasteiger partial charge is 0.497 e. The van der Waals surface area contributed by atoms with Gasteiger partial charge in [-0.2, -0.15) is 0 Å². The Morgan fingerprint density at radius 3 is 2.43 bits per heavy atom. The van der Waals surface area contributed by atoms with E-state index in [4.69, 9.17) is 9.84 Å². The summed E-state index contributed by atoms with van der Waals surface area (Å²) in [5.74, 6) is -0.144. The first-order valence-electron chi connectivity index (χ1n) is 7.19. The van der Waals surface area contributed by atoms with Crippen molar-refractivity contribution in [2.24, 2.45) is 0 Å². The molecule has 1 fully saturated rings. The van der Waals surface area contributed by atoms with Crippen LogP contribution < -0.4 is 10.1 Å². The molecule has 1 saturated carbocycles. The molecule has 114 valence electrons. The predicted octanol–water partition coefficient (Wildman–Crippen LogP) is 2.14. The normalized spacial score (nSPS) is 15.9. The topological polar surface area (TPSA) is 75.6 Å². The van der Waals surface area contributed by atoms with Gasteiger partial charge in [0.2, 0.25) is 5.91 Å². The number of benzene rings is 1. The van der Waals surface area contributed by atoms with Crippen molar-refractivity contribution in [3.8, 4) is 5.75 Å². The number of rotatable bonds is 7. The Morgan fingerprint density at radius 1 is 1.29 bits per heavy atom. The van der Waals surface area contributed by atoms with Crippen molar-refractivity contribution in [1.29, 1.82) is 0 Å². The summed E-state index contributed by atoms with van der Waals surface area (Å²) in [6.45, 7) is 0. The third-order valence-electron chi connectivity index (χ3n) is 4.00. The molecule has 1 aromatic rings. The van der Waals surface area contributed by atoms with Crippen molar-refractivity contribution >= 4 is 11.9 Å². The number of carbonyl (C=O) groups excluding carboxylic acids is 1. The van der Waals surface area contributed by atoms with E-state index in [1.165, 1.54) is 0 Å². The Bertz CT molecular complexity index is 506. The van der Waals surface area contributed by atoms with Gasteiger partial charge in [0.1, 0.15) is 5.75 Å². The van der Waals surface area contributed by atoms with Gasteiger partial charge >= 0.3 is 5.97 Å². The molecule has 0 atom stereocenters. The van der Waals surface area contributed by atoms with Gasteiger partial charge in [0, 0.05) is 6.42 Å². The molecule has 1 aliphatic carbocycles. The molecule has 0 spiro atoms. The molecule has 0 aromatic heterocycles. The highest BCUT2D eigenvalue weighted by Crippen LogP contribution is 2.35. The number of carboxylic acid groups (broad SMARTS) is 1. The lowest BCUT2D eigenvalue weighted by atomic mass is 9.74. The molecule has 5 heteroatoms. The molecule has 2 N–H and O–H groups in total. The minimum absolute atomic E-state index is 0.0152. The second-order valence-electron chi connectivity index (χ2n) is 5.60. The summed E-state index contributed by atoms with van der Waals surface area (Å²) in [6.07, 6.45) is 3.52. The number of hydrogen-bond donors (Lipinski definition) is 2. The maximum atomic E-state index is 12.0. The Balaban J connectivity index is 1.82. The molecule has 0 bridgehead atoms. The predicted molar refractivity (Wildman–Crippen MR) is 78.3 cm³/mol.